The summed E-state index contributed by atoms with van der Waals surface area (Å²) >= 11 is 12.1. The summed E-state index contributed by atoms with van der Waals surface area (Å²) in [5.74, 6) is 1.21. The SMILES string of the molecule is O=C(NCc1cc(Cl)ccc1Cl)N1CCC[C@@H](c2ncc[nH]2)C1. The first kappa shape index (κ1) is 16.1. The van der Waals surface area contributed by atoms with Gasteiger partial charge in [0.25, 0.3) is 0 Å². The van der Waals surface area contributed by atoms with Crippen molar-refractivity contribution in [2.45, 2.75) is 25.3 Å². The van der Waals surface area contributed by atoms with Gasteiger partial charge in [0.1, 0.15) is 5.82 Å². The van der Waals surface area contributed by atoms with Gasteiger partial charge >= 0.3 is 6.03 Å². The summed E-state index contributed by atoms with van der Waals surface area (Å²) in [7, 11) is 0. The van der Waals surface area contributed by atoms with E-state index in [1.165, 1.54) is 0 Å². The third-order valence-electron chi connectivity index (χ3n) is 4.05. The minimum Gasteiger partial charge on any atom is -0.348 e. The quantitative estimate of drug-likeness (QED) is 0.882. The van der Waals surface area contributed by atoms with Gasteiger partial charge in [-0.2, -0.15) is 0 Å². The molecule has 1 aliphatic heterocycles. The predicted molar refractivity (Wildman–Crippen MR) is 90.8 cm³/mol. The van der Waals surface area contributed by atoms with Crippen molar-refractivity contribution >= 4 is 29.2 Å². The molecule has 2 amide bonds. The van der Waals surface area contributed by atoms with Crippen molar-refractivity contribution in [1.29, 1.82) is 0 Å². The summed E-state index contributed by atoms with van der Waals surface area (Å²) in [6.07, 6.45) is 5.57. The van der Waals surface area contributed by atoms with Crippen molar-refractivity contribution in [2.24, 2.45) is 0 Å². The number of carbonyl (C=O) groups is 1. The second-order valence-corrected chi connectivity index (χ2v) is 6.50. The number of benzene rings is 1. The minimum absolute atomic E-state index is 0.0858. The lowest BCUT2D eigenvalue weighted by molar-refractivity contribution is 0.178. The van der Waals surface area contributed by atoms with Crippen LogP contribution in [0.4, 0.5) is 4.79 Å². The molecule has 1 aromatic carbocycles. The number of halogens is 2. The van der Waals surface area contributed by atoms with Crippen LogP contribution in [0.3, 0.4) is 0 Å². The molecule has 1 saturated heterocycles. The first-order valence-electron chi connectivity index (χ1n) is 7.59. The van der Waals surface area contributed by atoms with Crippen molar-refractivity contribution in [3.05, 3.63) is 52.0 Å². The molecule has 0 bridgehead atoms. The number of nitrogens with zero attached hydrogens (tertiary/aromatic N) is 2. The van der Waals surface area contributed by atoms with E-state index < -0.39 is 0 Å². The lowest BCUT2D eigenvalue weighted by Crippen LogP contribution is -2.44. The molecule has 0 radical (unpaired) electrons. The maximum absolute atomic E-state index is 12.4. The molecule has 2 N–H and O–H groups in total. The van der Waals surface area contributed by atoms with Gasteiger partial charge in [0.15, 0.2) is 0 Å². The van der Waals surface area contributed by atoms with Gasteiger partial charge in [0.2, 0.25) is 0 Å². The Morgan fingerprint density at radius 3 is 3.09 bits per heavy atom. The van der Waals surface area contributed by atoms with Crippen LogP contribution in [0.2, 0.25) is 10.0 Å². The number of aromatic nitrogens is 2. The molecule has 1 atom stereocenters. The second-order valence-electron chi connectivity index (χ2n) is 5.65. The largest absolute Gasteiger partial charge is 0.348 e. The van der Waals surface area contributed by atoms with E-state index in [4.69, 9.17) is 23.2 Å². The van der Waals surface area contributed by atoms with Crippen LogP contribution in [0, 0.1) is 0 Å². The highest BCUT2D eigenvalue weighted by Gasteiger charge is 2.26. The number of likely N-dealkylation sites (tertiary alicyclic amines) is 1. The normalized spacial score (nSPS) is 18.0. The fourth-order valence-electron chi connectivity index (χ4n) is 2.85. The maximum atomic E-state index is 12.4. The monoisotopic (exact) mass is 352 g/mol. The van der Waals surface area contributed by atoms with Crippen molar-refractivity contribution in [2.75, 3.05) is 13.1 Å². The Morgan fingerprint density at radius 2 is 2.30 bits per heavy atom. The molecule has 1 aliphatic rings. The highest BCUT2D eigenvalue weighted by molar-refractivity contribution is 6.33. The van der Waals surface area contributed by atoms with Gasteiger partial charge < -0.3 is 15.2 Å². The van der Waals surface area contributed by atoms with Gasteiger partial charge in [-0.25, -0.2) is 9.78 Å². The summed E-state index contributed by atoms with van der Waals surface area (Å²) in [6.45, 7) is 1.79. The number of hydrogen-bond acceptors (Lipinski definition) is 2. The van der Waals surface area contributed by atoms with E-state index in [1.54, 1.807) is 24.4 Å². The zero-order valence-electron chi connectivity index (χ0n) is 12.6. The number of imidazole rings is 1. The molecule has 2 heterocycles. The minimum atomic E-state index is -0.0858. The molecule has 23 heavy (non-hydrogen) atoms. The average Bonchev–Trinajstić information content (AvgIpc) is 3.10. The maximum Gasteiger partial charge on any atom is 0.317 e. The first-order valence-corrected chi connectivity index (χ1v) is 8.35. The highest BCUT2D eigenvalue weighted by Crippen LogP contribution is 2.24. The first-order chi connectivity index (χ1) is 11.1. The fraction of sp³-hybridized carbons (Fsp3) is 0.375. The number of H-pyrrole nitrogens is 1. The number of amides is 2. The molecule has 122 valence electrons. The molecule has 0 saturated carbocycles. The molecular weight excluding hydrogens is 335 g/mol. The summed E-state index contributed by atoms with van der Waals surface area (Å²) in [5, 5.41) is 4.12. The van der Waals surface area contributed by atoms with Crippen molar-refractivity contribution < 1.29 is 4.79 Å². The third-order valence-corrected chi connectivity index (χ3v) is 4.66. The van der Waals surface area contributed by atoms with Crippen molar-refractivity contribution in [3.63, 3.8) is 0 Å². The Kier molecular flexibility index (Phi) is 5.08. The van der Waals surface area contributed by atoms with Gasteiger partial charge in [-0.1, -0.05) is 23.2 Å². The van der Waals surface area contributed by atoms with Gasteiger partial charge in [-0.05, 0) is 36.6 Å². The molecule has 7 heteroatoms. The van der Waals surface area contributed by atoms with E-state index in [1.807, 2.05) is 11.1 Å². The summed E-state index contributed by atoms with van der Waals surface area (Å²) < 4.78 is 0. The number of aromatic amines is 1. The Labute approximate surface area is 145 Å². The van der Waals surface area contributed by atoms with Crippen LogP contribution < -0.4 is 5.32 Å². The number of rotatable bonds is 3. The fourth-order valence-corrected chi connectivity index (χ4v) is 3.23. The number of nitrogens with one attached hydrogen (secondary N) is 2. The zero-order chi connectivity index (χ0) is 16.2. The lowest BCUT2D eigenvalue weighted by atomic mass is 9.98. The van der Waals surface area contributed by atoms with E-state index in [0.717, 1.165) is 30.8 Å². The molecule has 3 rings (SSSR count). The lowest BCUT2D eigenvalue weighted by Gasteiger charge is -2.32. The standard InChI is InChI=1S/C16H18Cl2N4O/c17-13-3-4-14(18)12(8-13)9-21-16(23)22-7-1-2-11(10-22)15-19-5-6-20-15/h3-6,8,11H,1-2,7,9-10H2,(H,19,20)(H,21,23)/t11-/m1/s1. The highest BCUT2D eigenvalue weighted by atomic mass is 35.5. The smallest absolute Gasteiger partial charge is 0.317 e. The van der Waals surface area contributed by atoms with Gasteiger partial charge in [0.05, 0.1) is 0 Å². The van der Waals surface area contributed by atoms with Gasteiger partial charge in [-0.15, -0.1) is 0 Å². The van der Waals surface area contributed by atoms with Gasteiger partial charge in [-0.3, -0.25) is 0 Å². The Bertz CT molecular complexity index is 675. The second kappa shape index (κ2) is 7.23. The van der Waals surface area contributed by atoms with Crippen LogP contribution in [0.5, 0.6) is 0 Å². The van der Waals surface area contributed by atoms with Crippen molar-refractivity contribution in [3.8, 4) is 0 Å². The average molecular weight is 353 g/mol. The molecule has 1 fully saturated rings. The Hall–Kier alpha value is -1.72. The number of carbonyl (C=O) groups excluding carboxylic acids is 1. The van der Waals surface area contributed by atoms with E-state index >= 15 is 0 Å². The zero-order valence-corrected chi connectivity index (χ0v) is 14.1. The third kappa shape index (κ3) is 3.98. The molecule has 5 nitrogen and oxygen atoms in total. The molecule has 0 spiro atoms. The topological polar surface area (TPSA) is 61.0 Å². The van der Waals surface area contributed by atoms with Crippen LogP contribution in [0.25, 0.3) is 0 Å². The van der Waals surface area contributed by atoms with E-state index in [-0.39, 0.29) is 11.9 Å². The molecule has 0 unspecified atom stereocenters. The summed E-state index contributed by atoms with van der Waals surface area (Å²) in [5.41, 5.74) is 0.812. The Morgan fingerprint density at radius 1 is 1.43 bits per heavy atom. The van der Waals surface area contributed by atoms with Gasteiger partial charge in [0, 0.05) is 48.0 Å². The number of urea groups is 1. The number of hydrogen-bond donors (Lipinski definition) is 2. The van der Waals surface area contributed by atoms with Crippen LogP contribution in [-0.4, -0.2) is 34.0 Å². The Balaban J connectivity index is 1.58. The summed E-state index contributed by atoms with van der Waals surface area (Å²) in [4.78, 5) is 21.7. The van der Waals surface area contributed by atoms with Crippen LogP contribution in [-0.2, 0) is 6.54 Å². The van der Waals surface area contributed by atoms with Crippen LogP contribution in [0.15, 0.2) is 30.6 Å². The number of piperidine rings is 1. The van der Waals surface area contributed by atoms with E-state index in [0.29, 0.717) is 23.1 Å². The predicted octanol–water partition coefficient (Wildman–Crippen LogP) is 3.81. The van der Waals surface area contributed by atoms with Crippen molar-refractivity contribution in [1.82, 2.24) is 20.2 Å². The molecule has 0 aliphatic carbocycles. The summed E-state index contributed by atoms with van der Waals surface area (Å²) in [6, 6.07) is 5.15. The van der Waals surface area contributed by atoms with Crippen LogP contribution >= 0.6 is 23.2 Å². The molecular formula is C16H18Cl2N4O. The van der Waals surface area contributed by atoms with E-state index in [9.17, 15) is 4.79 Å². The van der Waals surface area contributed by atoms with E-state index in [2.05, 4.69) is 15.3 Å². The molecule has 1 aromatic heterocycles. The molecule has 2 aromatic rings. The van der Waals surface area contributed by atoms with Crippen LogP contribution in [0.1, 0.15) is 30.1 Å².